The first-order chi connectivity index (χ1) is 26.9. The third-order valence-electron chi connectivity index (χ3n) is 10.1. The number of ether oxygens (including phenoxy) is 2. The molecule has 1 aliphatic carbocycles. The molecule has 1 heterocycles. The van der Waals surface area contributed by atoms with Gasteiger partial charge in [-0.05, 0) is 58.9 Å². The molecule has 13 heteroatoms. The third-order valence-corrected chi connectivity index (χ3v) is 10.1. The molecule has 0 radical (unpaired) electrons. The molecule has 1 saturated heterocycles. The summed E-state index contributed by atoms with van der Waals surface area (Å²) in [5.41, 5.74) is 5.26. The number of alkyl carbamates (subject to hydrolysis) is 1. The number of carbonyl (C=O) groups excluding carboxylic acids is 4. The summed E-state index contributed by atoms with van der Waals surface area (Å²) in [7, 11) is 0. The largest absolute Gasteiger partial charge is 0.480 e. The summed E-state index contributed by atoms with van der Waals surface area (Å²) in [5, 5.41) is 21.9. The van der Waals surface area contributed by atoms with Gasteiger partial charge in [-0.3, -0.25) is 14.4 Å². The summed E-state index contributed by atoms with van der Waals surface area (Å²) < 4.78 is 11.6. The van der Waals surface area contributed by atoms with Gasteiger partial charge in [0.2, 0.25) is 17.7 Å². The second kappa shape index (κ2) is 20.1. The molecule has 3 aromatic rings. The van der Waals surface area contributed by atoms with Crippen molar-refractivity contribution in [2.75, 3.05) is 32.8 Å². The molecule has 5 N–H and O–H groups in total. The number of amides is 4. The second-order valence-corrected chi connectivity index (χ2v) is 15.4. The van der Waals surface area contributed by atoms with E-state index in [1.54, 1.807) is 0 Å². The molecule has 3 aromatic carbocycles. The van der Waals surface area contributed by atoms with Crippen LogP contribution >= 0.6 is 0 Å². The molecule has 2 aliphatic rings. The van der Waals surface area contributed by atoms with Crippen molar-refractivity contribution in [1.29, 1.82) is 0 Å². The number of nitrogens with one attached hydrogen (secondary N) is 4. The number of carboxylic acid groups (broad SMARTS) is 1. The minimum atomic E-state index is -1.16. The maximum Gasteiger partial charge on any atom is 0.407 e. The van der Waals surface area contributed by atoms with Crippen molar-refractivity contribution >= 4 is 29.8 Å². The molecule has 4 atom stereocenters. The lowest BCUT2D eigenvalue weighted by Crippen LogP contribution is -2.57. The standard InChI is InChI=1S/C43H55N5O8/c1-27(2)20-36-41(51)47-37(26-55-24-29-12-6-5-7-13-29)40(50)44-23-39(49)48(38(42(52)53)21-28(3)4)19-18-30(46-36)22-45-43(54)56-25-35-33-16-10-8-14-31(33)32-15-9-11-17-34(32)35/h5-17,27-28,30,35-38,46H,18-26H2,1-4H3,(H,44,50)(H,45,54)(H,47,51)(H,52,53)/t30-,36-,37-,38-/m0/s1. The van der Waals surface area contributed by atoms with E-state index in [1.807, 2.05) is 94.4 Å². The van der Waals surface area contributed by atoms with Crippen LogP contribution in [0.25, 0.3) is 11.1 Å². The minimum Gasteiger partial charge on any atom is -0.480 e. The van der Waals surface area contributed by atoms with Crippen LogP contribution in [0.1, 0.15) is 69.6 Å². The van der Waals surface area contributed by atoms with Crippen LogP contribution in [-0.2, 0) is 35.3 Å². The zero-order valence-electron chi connectivity index (χ0n) is 32.7. The number of hydrogen-bond donors (Lipinski definition) is 5. The van der Waals surface area contributed by atoms with Crippen LogP contribution in [0.2, 0.25) is 0 Å². The Morgan fingerprint density at radius 2 is 1.48 bits per heavy atom. The molecule has 0 aromatic heterocycles. The smallest absolute Gasteiger partial charge is 0.407 e. The summed E-state index contributed by atoms with van der Waals surface area (Å²) in [6.07, 6.45) is 0.122. The Bertz CT molecular complexity index is 1770. The molecule has 56 heavy (non-hydrogen) atoms. The maximum atomic E-state index is 13.9. The van der Waals surface area contributed by atoms with Gasteiger partial charge in [-0.1, -0.05) is 107 Å². The molecule has 300 valence electrons. The van der Waals surface area contributed by atoms with Gasteiger partial charge >= 0.3 is 12.1 Å². The first-order valence-electron chi connectivity index (χ1n) is 19.5. The van der Waals surface area contributed by atoms with Gasteiger partial charge in [-0.15, -0.1) is 0 Å². The van der Waals surface area contributed by atoms with E-state index in [2.05, 4.69) is 33.4 Å². The van der Waals surface area contributed by atoms with Crippen molar-refractivity contribution in [2.45, 2.75) is 83.6 Å². The van der Waals surface area contributed by atoms with E-state index < -0.39 is 60.5 Å². The number of carbonyl (C=O) groups is 5. The highest BCUT2D eigenvalue weighted by molar-refractivity contribution is 5.93. The molecule has 0 saturated carbocycles. The Kier molecular flexibility index (Phi) is 15.0. The first kappa shape index (κ1) is 41.9. The molecular formula is C43H55N5O8. The predicted octanol–water partition coefficient (Wildman–Crippen LogP) is 4.45. The fourth-order valence-corrected chi connectivity index (χ4v) is 7.38. The minimum absolute atomic E-state index is 0.0118. The summed E-state index contributed by atoms with van der Waals surface area (Å²) in [6, 6.07) is 21.8. The molecule has 1 aliphatic heterocycles. The number of rotatable bonds is 14. The molecule has 1 fully saturated rings. The monoisotopic (exact) mass is 769 g/mol. The van der Waals surface area contributed by atoms with E-state index in [9.17, 15) is 29.1 Å². The van der Waals surface area contributed by atoms with Crippen LogP contribution in [0.3, 0.4) is 0 Å². The molecule has 0 unspecified atom stereocenters. The predicted molar refractivity (Wildman–Crippen MR) is 211 cm³/mol. The SMILES string of the molecule is CC(C)C[C@@H]1N[C@H](CNC(=O)OCC2c3ccccc3-c3ccccc32)CCN([C@@H](CC(C)C)C(=O)O)C(=O)CNC(=O)[C@H](COCc2ccccc2)NC1=O. The van der Waals surface area contributed by atoms with Gasteiger partial charge in [0, 0.05) is 25.0 Å². The Hall–Kier alpha value is -5.27. The molecular weight excluding hydrogens is 714 g/mol. The molecule has 5 rings (SSSR count). The van der Waals surface area contributed by atoms with E-state index in [1.165, 1.54) is 4.90 Å². The highest BCUT2D eigenvalue weighted by Crippen LogP contribution is 2.44. The van der Waals surface area contributed by atoms with Crippen molar-refractivity contribution in [3.8, 4) is 11.1 Å². The summed E-state index contributed by atoms with van der Waals surface area (Å²) in [6.45, 7) is 7.36. The fraction of sp³-hybridized carbons (Fsp3) is 0.465. The highest BCUT2D eigenvalue weighted by atomic mass is 16.5. The van der Waals surface area contributed by atoms with Crippen LogP contribution < -0.4 is 21.3 Å². The topological polar surface area (TPSA) is 175 Å². The van der Waals surface area contributed by atoms with E-state index >= 15 is 0 Å². The number of carboxylic acids is 1. The van der Waals surface area contributed by atoms with Gasteiger partial charge in [0.05, 0.1) is 25.8 Å². The number of benzene rings is 3. The Morgan fingerprint density at radius 1 is 0.839 bits per heavy atom. The Morgan fingerprint density at radius 3 is 2.11 bits per heavy atom. The second-order valence-electron chi connectivity index (χ2n) is 15.4. The van der Waals surface area contributed by atoms with Crippen molar-refractivity contribution in [3.63, 3.8) is 0 Å². The molecule has 13 nitrogen and oxygen atoms in total. The number of fused-ring (bicyclic) bond motifs is 3. The Balaban J connectivity index is 1.35. The van der Waals surface area contributed by atoms with E-state index in [4.69, 9.17) is 9.47 Å². The van der Waals surface area contributed by atoms with Crippen LogP contribution in [0.15, 0.2) is 78.9 Å². The zero-order valence-corrected chi connectivity index (χ0v) is 32.7. The van der Waals surface area contributed by atoms with Crippen molar-refractivity contribution in [2.24, 2.45) is 11.8 Å². The van der Waals surface area contributed by atoms with Crippen molar-refractivity contribution in [3.05, 3.63) is 95.6 Å². The van der Waals surface area contributed by atoms with Crippen LogP contribution in [0.5, 0.6) is 0 Å². The summed E-state index contributed by atoms with van der Waals surface area (Å²) in [4.78, 5) is 68.3. The molecule has 4 amide bonds. The van der Waals surface area contributed by atoms with Crippen molar-refractivity contribution in [1.82, 2.24) is 26.2 Å². The lowest BCUT2D eigenvalue weighted by molar-refractivity contribution is -0.151. The lowest BCUT2D eigenvalue weighted by Gasteiger charge is -2.32. The zero-order chi connectivity index (χ0) is 40.2. The van der Waals surface area contributed by atoms with Gasteiger partial charge in [-0.25, -0.2) is 9.59 Å². The number of hydrogen-bond acceptors (Lipinski definition) is 8. The lowest BCUT2D eigenvalue weighted by atomic mass is 9.98. The Labute approximate surface area is 328 Å². The van der Waals surface area contributed by atoms with Crippen LogP contribution in [0.4, 0.5) is 4.79 Å². The van der Waals surface area contributed by atoms with Gasteiger partial charge in [-0.2, -0.15) is 0 Å². The molecule has 0 bridgehead atoms. The summed E-state index contributed by atoms with van der Waals surface area (Å²) in [5.74, 6) is -2.94. The maximum absolute atomic E-state index is 13.9. The summed E-state index contributed by atoms with van der Waals surface area (Å²) >= 11 is 0. The van der Waals surface area contributed by atoms with Gasteiger partial charge in [0.25, 0.3) is 0 Å². The van der Waals surface area contributed by atoms with Gasteiger partial charge < -0.3 is 40.7 Å². The van der Waals surface area contributed by atoms with Crippen LogP contribution in [-0.4, -0.2) is 96.8 Å². The quantitative estimate of drug-likeness (QED) is 0.159. The van der Waals surface area contributed by atoms with Gasteiger partial charge in [0.1, 0.15) is 18.7 Å². The average molecular weight is 770 g/mol. The first-order valence-corrected chi connectivity index (χ1v) is 19.5. The van der Waals surface area contributed by atoms with E-state index in [-0.39, 0.29) is 63.5 Å². The fourth-order valence-electron chi connectivity index (χ4n) is 7.38. The highest BCUT2D eigenvalue weighted by Gasteiger charge is 2.35. The normalized spacial score (nSPS) is 19.9. The van der Waals surface area contributed by atoms with Crippen LogP contribution in [0, 0.1) is 11.8 Å². The van der Waals surface area contributed by atoms with Gasteiger partial charge in [0.15, 0.2) is 0 Å². The van der Waals surface area contributed by atoms with E-state index in [0.717, 1.165) is 27.8 Å². The van der Waals surface area contributed by atoms with E-state index in [0.29, 0.717) is 6.42 Å². The third kappa shape index (κ3) is 11.4. The number of aliphatic carboxylic acids is 1. The van der Waals surface area contributed by atoms with Crippen molar-refractivity contribution < 1.29 is 38.6 Å². The number of nitrogens with zero attached hydrogens (tertiary/aromatic N) is 1. The molecule has 0 spiro atoms. The average Bonchev–Trinajstić information content (AvgIpc) is 3.50.